The predicted molar refractivity (Wildman–Crippen MR) is 77.7 cm³/mol. The van der Waals surface area contributed by atoms with Crippen LogP contribution >= 0.6 is 0 Å². The van der Waals surface area contributed by atoms with Gasteiger partial charge in [-0.15, -0.1) is 0 Å². The summed E-state index contributed by atoms with van der Waals surface area (Å²) in [7, 11) is 0. The third kappa shape index (κ3) is 4.02. The molecule has 1 aliphatic heterocycles. The van der Waals surface area contributed by atoms with Gasteiger partial charge in [0, 0.05) is 19.1 Å². The molecule has 19 heavy (non-hydrogen) atoms. The van der Waals surface area contributed by atoms with Gasteiger partial charge < -0.3 is 5.32 Å². The van der Waals surface area contributed by atoms with Crippen LogP contribution in [0.1, 0.15) is 31.4 Å². The van der Waals surface area contributed by atoms with Crippen LogP contribution in [0.15, 0.2) is 18.2 Å². The first kappa shape index (κ1) is 14.5. The van der Waals surface area contributed by atoms with Gasteiger partial charge in [0.15, 0.2) is 0 Å². The summed E-state index contributed by atoms with van der Waals surface area (Å²) < 4.78 is 13.4. The van der Waals surface area contributed by atoms with Crippen LogP contribution in [0, 0.1) is 18.7 Å². The molecule has 0 aromatic heterocycles. The zero-order chi connectivity index (χ0) is 13.8. The Bertz CT molecular complexity index is 417. The van der Waals surface area contributed by atoms with E-state index in [2.05, 4.69) is 31.0 Å². The molecule has 1 atom stereocenters. The summed E-state index contributed by atoms with van der Waals surface area (Å²) in [6, 6.07) is 5.63. The number of nitrogens with zero attached hydrogens (tertiary/aromatic N) is 1. The van der Waals surface area contributed by atoms with Crippen molar-refractivity contribution in [1.82, 2.24) is 10.2 Å². The molecule has 3 heteroatoms. The Morgan fingerprint density at radius 3 is 2.95 bits per heavy atom. The number of benzene rings is 1. The van der Waals surface area contributed by atoms with Crippen LogP contribution in [0.5, 0.6) is 0 Å². The van der Waals surface area contributed by atoms with Gasteiger partial charge in [-0.2, -0.15) is 0 Å². The van der Waals surface area contributed by atoms with E-state index in [0.717, 1.165) is 38.2 Å². The lowest BCUT2D eigenvalue weighted by atomic mass is 10.0. The van der Waals surface area contributed by atoms with E-state index in [9.17, 15) is 4.39 Å². The van der Waals surface area contributed by atoms with Crippen molar-refractivity contribution in [3.05, 3.63) is 35.1 Å². The maximum absolute atomic E-state index is 13.4. The minimum absolute atomic E-state index is 0.131. The van der Waals surface area contributed by atoms with Crippen molar-refractivity contribution >= 4 is 0 Å². The second-order valence-corrected chi connectivity index (χ2v) is 5.96. The lowest BCUT2D eigenvalue weighted by Crippen LogP contribution is -2.41. The molecule has 2 nitrogen and oxygen atoms in total. The van der Waals surface area contributed by atoms with Crippen molar-refractivity contribution in [3.63, 3.8) is 0 Å². The van der Waals surface area contributed by atoms with Crippen molar-refractivity contribution < 1.29 is 4.39 Å². The first-order valence-corrected chi connectivity index (χ1v) is 7.27. The molecule has 2 rings (SSSR count). The SMILES string of the molecule is Cc1ccc(F)cc1CN1CCCNC(C(C)C)C1. The Morgan fingerprint density at radius 1 is 1.42 bits per heavy atom. The Balaban J connectivity index is 2.06. The van der Waals surface area contributed by atoms with Gasteiger partial charge in [-0.3, -0.25) is 4.90 Å². The van der Waals surface area contributed by atoms with Gasteiger partial charge in [-0.05, 0) is 55.6 Å². The largest absolute Gasteiger partial charge is 0.312 e. The summed E-state index contributed by atoms with van der Waals surface area (Å²) in [5, 5.41) is 3.61. The first-order chi connectivity index (χ1) is 9.06. The van der Waals surface area contributed by atoms with E-state index in [1.807, 2.05) is 6.07 Å². The molecular weight excluding hydrogens is 239 g/mol. The van der Waals surface area contributed by atoms with E-state index in [-0.39, 0.29) is 5.82 Å². The van der Waals surface area contributed by atoms with E-state index in [1.54, 1.807) is 12.1 Å². The molecule has 0 bridgehead atoms. The highest BCUT2D eigenvalue weighted by atomic mass is 19.1. The fourth-order valence-corrected chi connectivity index (χ4v) is 2.67. The molecule has 1 aromatic rings. The molecule has 0 radical (unpaired) electrons. The average Bonchev–Trinajstić information content (AvgIpc) is 2.59. The van der Waals surface area contributed by atoms with E-state index in [0.29, 0.717) is 12.0 Å². The van der Waals surface area contributed by atoms with E-state index >= 15 is 0 Å². The summed E-state index contributed by atoms with van der Waals surface area (Å²) in [6.07, 6.45) is 1.16. The minimum atomic E-state index is -0.131. The van der Waals surface area contributed by atoms with Crippen LogP contribution in [0.2, 0.25) is 0 Å². The van der Waals surface area contributed by atoms with Crippen LogP contribution in [0.4, 0.5) is 4.39 Å². The Kier molecular flexibility index (Phi) is 4.94. The molecular formula is C16H25FN2. The van der Waals surface area contributed by atoms with Gasteiger partial charge in [0.2, 0.25) is 0 Å². The summed E-state index contributed by atoms with van der Waals surface area (Å²) in [6.45, 7) is 10.7. The van der Waals surface area contributed by atoms with Crippen LogP contribution < -0.4 is 5.32 Å². The van der Waals surface area contributed by atoms with Crippen molar-refractivity contribution in [2.45, 2.75) is 39.8 Å². The summed E-state index contributed by atoms with van der Waals surface area (Å²) in [5.74, 6) is 0.503. The quantitative estimate of drug-likeness (QED) is 0.903. The normalized spacial score (nSPS) is 21.6. The molecule has 106 valence electrons. The van der Waals surface area contributed by atoms with Crippen LogP contribution in [-0.2, 0) is 6.54 Å². The Labute approximate surface area is 116 Å². The zero-order valence-electron chi connectivity index (χ0n) is 12.2. The average molecular weight is 264 g/mol. The highest BCUT2D eigenvalue weighted by Crippen LogP contribution is 2.16. The molecule has 1 aliphatic rings. The highest BCUT2D eigenvalue weighted by molar-refractivity contribution is 5.26. The first-order valence-electron chi connectivity index (χ1n) is 7.27. The molecule has 1 aromatic carbocycles. The van der Waals surface area contributed by atoms with Crippen LogP contribution in [0.25, 0.3) is 0 Å². The van der Waals surface area contributed by atoms with Gasteiger partial charge in [-0.1, -0.05) is 19.9 Å². The standard InChI is InChI=1S/C16H25FN2/c1-12(2)16-11-19(8-4-7-18-16)10-14-9-15(17)6-5-13(14)3/h5-6,9,12,16,18H,4,7-8,10-11H2,1-3H3. The molecule has 1 heterocycles. The van der Waals surface area contributed by atoms with Crippen molar-refractivity contribution in [3.8, 4) is 0 Å². The number of aryl methyl sites for hydroxylation is 1. The number of nitrogens with one attached hydrogen (secondary N) is 1. The molecule has 0 aliphatic carbocycles. The molecule has 1 fully saturated rings. The second kappa shape index (κ2) is 6.49. The van der Waals surface area contributed by atoms with Crippen molar-refractivity contribution in [2.75, 3.05) is 19.6 Å². The van der Waals surface area contributed by atoms with Gasteiger partial charge >= 0.3 is 0 Å². The number of hydrogen-bond donors (Lipinski definition) is 1. The Morgan fingerprint density at radius 2 is 2.21 bits per heavy atom. The summed E-state index contributed by atoms with van der Waals surface area (Å²) in [4.78, 5) is 2.45. The fraction of sp³-hybridized carbons (Fsp3) is 0.625. The maximum atomic E-state index is 13.4. The van der Waals surface area contributed by atoms with Gasteiger partial charge in [0.05, 0.1) is 0 Å². The summed E-state index contributed by atoms with van der Waals surface area (Å²) >= 11 is 0. The third-order valence-electron chi connectivity index (χ3n) is 4.02. The van der Waals surface area contributed by atoms with Gasteiger partial charge in [0.25, 0.3) is 0 Å². The number of halogens is 1. The van der Waals surface area contributed by atoms with Gasteiger partial charge in [-0.25, -0.2) is 4.39 Å². The third-order valence-corrected chi connectivity index (χ3v) is 4.02. The molecule has 1 unspecified atom stereocenters. The summed E-state index contributed by atoms with van der Waals surface area (Å²) in [5.41, 5.74) is 2.30. The van der Waals surface area contributed by atoms with E-state index < -0.39 is 0 Å². The molecule has 0 amide bonds. The van der Waals surface area contributed by atoms with E-state index in [4.69, 9.17) is 0 Å². The number of hydrogen-bond acceptors (Lipinski definition) is 2. The maximum Gasteiger partial charge on any atom is 0.123 e. The monoisotopic (exact) mass is 264 g/mol. The van der Waals surface area contributed by atoms with Crippen molar-refractivity contribution in [2.24, 2.45) is 5.92 Å². The lowest BCUT2D eigenvalue weighted by Gasteiger charge is -2.27. The van der Waals surface area contributed by atoms with Gasteiger partial charge in [0.1, 0.15) is 5.82 Å². The molecule has 1 N–H and O–H groups in total. The molecule has 1 saturated heterocycles. The zero-order valence-corrected chi connectivity index (χ0v) is 12.2. The molecule has 0 saturated carbocycles. The molecule has 0 spiro atoms. The highest BCUT2D eigenvalue weighted by Gasteiger charge is 2.20. The smallest absolute Gasteiger partial charge is 0.123 e. The number of rotatable bonds is 3. The van der Waals surface area contributed by atoms with Crippen LogP contribution in [0.3, 0.4) is 0 Å². The van der Waals surface area contributed by atoms with Crippen molar-refractivity contribution in [1.29, 1.82) is 0 Å². The fourth-order valence-electron chi connectivity index (χ4n) is 2.67. The second-order valence-electron chi connectivity index (χ2n) is 5.96. The van der Waals surface area contributed by atoms with Crippen LogP contribution in [-0.4, -0.2) is 30.6 Å². The predicted octanol–water partition coefficient (Wildman–Crippen LogP) is 2.95. The Hall–Kier alpha value is -0.930. The topological polar surface area (TPSA) is 15.3 Å². The minimum Gasteiger partial charge on any atom is -0.312 e. The van der Waals surface area contributed by atoms with E-state index in [1.165, 1.54) is 5.56 Å². The lowest BCUT2D eigenvalue weighted by molar-refractivity contribution is 0.238.